The minimum Gasteiger partial charge on any atom is -0.306 e. The van der Waals surface area contributed by atoms with Crippen molar-refractivity contribution < 1.29 is 14.4 Å². The Hall–Kier alpha value is -2.47. The molecule has 2 saturated heterocycles. The van der Waals surface area contributed by atoms with Crippen LogP contribution in [-0.2, 0) is 19.9 Å². The van der Waals surface area contributed by atoms with Crippen LogP contribution in [0.5, 0.6) is 0 Å². The molecule has 160 valence electrons. The molecule has 0 aliphatic carbocycles. The van der Waals surface area contributed by atoms with Crippen molar-refractivity contribution in [2.45, 2.75) is 51.6 Å². The molecule has 6 heteroatoms. The average Bonchev–Trinajstić information content (AvgIpc) is 3.26. The Balaban J connectivity index is 1.85. The fourth-order valence-electron chi connectivity index (χ4n) is 5.56. The molecule has 0 bridgehead atoms. The van der Waals surface area contributed by atoms with E-state index in [1.165, 1.54) is 4.90 Å². The number of para-hydroxylation sites is 1. The van der Waals surface area contributed by atoms with Gasteiger partial charge in [-0.05, 0) is 24.8 Å². The predicted molar refractivity (Wildman–Crippen MR) is 116 cm³/mol. The lowest BCUT2D eigenvalue weighted by Gasteiger charge is -2.30. The molecule has 3 aliphatic heterocycles. The van der Waals surface area contributed by atoms with Crippen LogP contribution in [-0.4, -0.2) is 41.8 Å². The van der Waals surface area contributed by atoms with Crippen molar-refractivity contribution in [3.05, 3.63) is 42.5 Å². The van der Waals surface area contributed by atoms with Crippen LogP contribution < -0.4 is 10.2 Å². The van der Waals surface area contributed by atoms with Gasteiger partial charge in [0.2, 0.25) is 11.8 Å². The Morgan fingerprint density at radius 3 is 2.57 bits per heavy atom. The first-order valence-corrected chi connectivity index (χ1v) is 11.0. The largest absolute Gasteiger partial charge is 0.306 e. The molecule has 0 saturated carbocycles. The topological polar surface area (TPSA) is 69.7 Å². The maximum atomic E-state index is 13.9. The fraction of sp³-hybridized carbons (Fsp3) is 0.542. The highest BCUT2D eigenvalue weighted by Crippen LogP contribution is 2.55. The molecule has 0 unspecified atom stereocenters. The third-order valence-electron chi connectivity index (χ3n) is 6.73. The third kappa shape index (κ3) is 2.77. The molecule has 6 nitrogen and oxygen atoms in total. The normalized spacial score (nSPS) is 30.0. The summed E-state index contributed by atoms with van der Waals surface area (Å²) in [4.78, 5) is 43.9. The van der Waals surface area contributed by atoms with Crippen molar-refractivity contribution in [1.82, 2.24) is 10.2 Å². The van der Waals surface area contributed by atoms with E-state index in [2.05, 4.69) is 25.7 Å². The first-order valence-electron chi connectivity index (χ1n) is 11.0. The lowest BCUT2D eigenvalue weighted by molar-refractivity contribution is -0.143. The summed E-state index contributed by atoms with van der Waals surface area (Å²) in [7, 11) is 0. The van der Waals surface area contributed by atoms with Crippen LogP contribution in [0.3, 0.4) is 0 Å². The minimum absolute atomic E-state index is 0.124. The van der Waals surface area contributed by atoms with E-state index in [9.17, 15) is 14.4 Å². The number of fused-ring (bicyclic) bond motifs is 4. The highest BCUT2D eigenvalue weighted by atomic mass is 16.2. The molecule has 2 fully saturated rings. The van der Waals surface area contributed by atoms with Gasteiger partial charge in [0.25, 0.3) is 5.91 Å². The number of rotatable bonds is 7. The van der Waals surface area contributed by atoms with Crippen LogP contribution >= 0.6 is 0 Å². The molecule has 1 aromatic rings. The number of likely N-dealkylation sites (tertiary alicyclic amines) is 1. The van der Waals surface area contributed by atoms with E-state index in [0.29, 0.717) is 19.0 Å². The summed E-state index contributed by atoms with van der Waals surface area (Å²) in [6, 6.07) is 7.42. The van der Waals surface area contributed by atoms with Crippen molar-refractivity contribution in [3.63, 3.8) is 0 Å². The number of nitrogens with one attached hydrogen (secondary N) is 1. The molecule has 4 atom stereocenters. The van der Waals surface area contributed by atoms with Crippen molar-refractivity contribution >= 4 is 23.4 Å². The molecule has 3 heterocycles. The van der Waals surface area contributed by atoms with Gasteiger partial charge in [0.15, 0.2) is 0 Å². The Kier molecular flexibility index (Phi) is 5.30. The Labute approximate surface area is 178 Å². The van der Waals surface area contributed by atoms with Gasteiger partial charge in [0.05, 0.1) is 11.8 Å². The van der Waals surface area contributed by atoms with Crippen molar-refractivity contribution in [2.24, 2.45) is 17.8 Å². The molecule has 1 aromatic carbocycles. The first-order chi connectivity index (χ1) is 14.4. The number of carbonyl (C=O) groups excluding carboxylic acids is 3. The van der Waals surface area contributed by atoms with Gasteiger partial charge < -0.3 is 4.90 Å². The van der Waals surface area contributed by atoms with E-state index in [1.807, 2.05) is 31.2 Å². The number of amides is 3. The molecule has 4 rings (SSSR count). The summed E-state index contributed by atoms with van der Waals surface area (Å²) in [6.07, 6.45) is 4.11. The number of anilines is 1. The zero-order valence-electron chi connectivity index (χ0n) is 18.1. The van der Waals surface area contributed by atoms with Crippen LogP contribution in [0.2, 0.25) is 0 Å². The molecule has 30 heavy (non-hydrogen) atoms. The van der Waals surface area contributed by atoms with Gasteiger partial charge in [0, 0.05) is 30.4 Å². The number of unbranched alkanes of at least 4 members (excludes halogenated alkanes) is 1. The highest BCUT2D eigenvalue weighted by molar-refractivity contribution is 6.16. The van der Waals surface area contributed by atoms with Crippen LogP contribution in [0.15, 0.2) is 36.9 Å². The monoisotopic (exact) mass is 409 g/mol. The SMILES string of the molecule is C=CCN1C(=O)[C@]2(N[C@H](CC(C)C)[C@H]3C(=O)N(CCCC)C(=O)[C@H]32)c2ccccc21. The second-order valence-electron chi connectivity index (χ2n) is 9.10. The number of hydrogen-bond donors (Lipinski definition) is 1. The van der Waals surface area contributed by atoms with Gasteiger partial charge in [0.1, 0.15) is 5.54 Å². The summed E-state index contributed by atoms with van der Waals surface area (Å²) in [5.41, 5.74) is 0.417. The molecular formula is C24H31N3O3. The van der Waals surface area contributed by atoms with E-state index in [-0.39, 0.29) is 23.8 Å². The molecule has 0 aromatic heterocycles. The van der Waals surface area contributed by atoms with Gasteiger partial charge in [-0.1, -0.05) is 51.5 Å². The van der Waals surface area contributed by atoms with Crippen LogP contribution in [0.4, 0.5) is 5.69 Å². The number of nitrogens with zero attached hydrogens (tertiary/aromatic N) is 2. The van der Waals surface area contributed by atoms with E-state index in [4.69, 9.17) is 0 Å². The number of carbonyl (C=O) groups is 3. The van der Waals surface area contributed by atoms with Crippen molar-refractivity contribution in [1.29, 1.82) is 0 Å². The van der Waals surface area contributed by atoms with Gasteiger partial charge in [-0.25, -0.2) is 0 Å². The van der Waals surface area contributed by atoms with Gasteiger partial charge in [-0.3, -0.25) is 24.6 Å². The summed E-state index contributed by atoms with van der Waals surface area (Å²) >= 11 is 0. The number of hydrogen-bond acceptors (Lipinski definition) is 4. The number of imide groups is 1. The van der Waals surface area contributed by atoms with E-state index >= 15 is 0 Å². The fourth-order valence-corrected chi connectivity index (χ4v) is 5.56. The predicted octanol–water partition coefficient (Wildman–Crippen LogP) is 2.83. The second-order valence-corrected chi connectivity index (χ2v) is 9.10. The maximum absolute atomic E-state index is 13.9. The zero-order valence-corrected chi connectivity index (χ0v) is 18.1. The lowest BCUT2D eigenvalue weighted by Crippen LogP contribution is -2.55. The van der Waals surface area contributed by atoms with Crippen LogP contribution in [0, 0.1) is 17.8 Å². The molecular weight excluding hydrogens is 378 g/mol. The van der Waals surface area contributed by atoms with Gasteiger partial charge in [-0.15, -0.1) is 6.58 Å². The second kappa shape index (κ2) is 7.65. The summed E-state index contributed by atoms with van der Waals surface area (Å²) in [5.74, 6) is -1.35. The molecule has 1 N–H and O–H groups in total. The van der Waals surface area contributed by atoms with Crippen molar-refractivity contribution in [3.8, 4) is 0 Å². The third-order valence-corrected chi connectivity index (χ3v) is 6.73. The summed E-state index contributed by atoms with van der Waals surface area (Å²) < 4.78 is 0. The van der Waals surface area contributed by atoms with E-state index in [1.54, 1.807) is 11.0 Å². The highest BCUT2D eigenvalue weighted by Gasteiger charge is 2.71. The zero-order chi connectivity index (χ0) is 21.6. The van der Waals surface area contributed by atoms with Crippen LogP contribution in [0.1, 0.15) is 45.6 Å². The standard InChI is InChI=1S/C24H31N3O3/c1-5-7-13-27-21(28)19-17(14-15(3)4)25-24(20(19)22(27)29)16-10-8-9-11-18(16)26(12-6-2)23(24)30/h6,8-11,15,17,19-20,25H,2,5,7,12-14H2,1,3-4H3/t17-,19-,20+,24+/m1/s1. The lowest BCUT2D eigenvalue weighted by atomic mass is 9.76. The quantitative estimate of drug-likeness (QED) is 0.555. The summed E-state index contributed by atoms with van der Waals surface area (Å²) in [6.45, 7) is 10.8. The van der Waals surface area contributed by atoms with E-state index < -0.39 is 17.4 Å². The molecule has 3 aliphatic rings. The molecule has 1 spiro atoms. The number of benzene rings is 1. The molecule has 0 radical (unpaired) electrons. The summed E-state index contributed by atoms with van der Waals surface area (Å²) in [5, 5.41) is 3.54. The van der Waals surface area contributed by atoms with Crippen molar-refractivity contribution in [2.75, 3.05) is 18.0 Å². The smallest absolute Gasteiger partial charge is 0.253 e. The Morgan fingerprint density at radius 2 is 1.90 bits per heavy atom. The maximum Gasteiger partial charge on any atom is 0.253 e. The Bertz CT molecular complexity index is 895. The minimum atomic E-state index is -1.18. The van der Waals surface area contributed by atoms with Gasteiger partial charge in [-0.2, -0.15) is 0 Å². The van der Waals surface area contributed by atoms with Crippen LogP contribution in [0.25, 0.3) is 0 Å². The van der Waals surface area contributed by atoms with E-state index in [0.717, 1.165) is 30.5 Å². The first kappa shape index (κ1) is 20.8. The van der Waals surface area contributed by atoms with Gasteiger partial charge >= 0.3 is 0 Å². The molecule has 3 amide bonds. The average molecular weight is 410 g/mol. The Morgan fingerprint density at radius 1 is 1.17 bits per heavy atom.